The Balaban J connectivity index is 3.33. The smallest absolute Gasteiger partial charge is 0.416 e. The SMILES string of the molecule is COc1cc(C(F)(F)F)cc(C(F)(F)F)c1. The van der Waals surface area contributed by atoms with Crippen LogP contribution in [-0.4, -0.2) is 7.11 Å². The largest absolute Gasteiger partial charge is 0.497 e. The van der Waals surface area contributed by atoms with Gasteiger partial charge in [-0.2, -0.15) is 26.3 Å². The lowest BCUT2D eigenvalue weighted by Gasteiger charge is -2.13. The Morgan fingerprint density at radius 1 is 0.812 bits per heavy atom. The first-order valence-electron chi connectivity index (χ1n) is 3.98. The molecule has 7 heteroatoms. The summed E-state index contributed by atoms with van der Waals surface area (Å²) >= 11 is 0. The molecule has 0 saturated heterocycles. The first-order valence-corrected chi connectivity index (χ1v) is 3.98. The summed E-state index contributed by atoms with van der Waals surface area (Å²) in [5.41, 5.74) is -2.78. The number of ether oxygens (including phenoxy) is 1. The molecule has 1 aromatic carbocycles. The molecular formula is C9H6F6O. The van der Waals surface area contributed by atoms with Gasteiger partial charge in [-0.05, 0) is 18.2 Å². The normalized spacial score (nSPS) is 12.7. The van der Waals surface area contributed by atoms with Crippen molar-refractivity contribution in [3.63, 3.8) is 0 Å². The van der Waals surface area contributed by atoms with Crippen LogP contribution < -0.4 is 4.74 Å². The highest BCUT2D eigenvalue weighted by Gasteiger charge is 2.37. The van der Waals surface area contributed by atoms with Gasteiger partial charge in [-0.25, -0.2) is 0 Å². The van der Waals surface area contributed by atoms with E-state index in [0.717, 1.165) is 7.11 Å². The Morgan fingerprint density at radius 3 is 1.44 bits per heavy atom. The van der Waals surface area contributed by atoms with E-state index in [0.29, 0.717) is 12.1 Å². The van der Waals surface area contributed by atoms with Gasteiger partial charge in [0, 0.05) is 0 Å². The van der Waals surface area contributed by atoms with E-state index in [-0.39, 0.29) is 6.07 Å². The zero-order valence-corrected chi connectivity index (χ0v) is 7.91. The Kier molecular flexibility index (Phi) is 3.07. The summed E-state index contributed by atoms with van der Waals surface area (Å²) in [4.78, 5) is 0. The average Bonchev–Trinajstić information content (AvgIpc) is 2.14. The van der Waals surface area contributed by atoms with Crippen molar-refractivity contribution in [2.24, 2.45) is 0 Å². The third-order valence-corrected chi connectivity index (χ3v) is 1.80. The summed E-state index contributed by atoms with van der Waals surface area (Å²) in [5, 5.41) is 0. The fraction of sp³-hybridized carbons (Fsp3) is 0.333. The number of rotatable bonds is 1. The van der Waals surface area contributed by atoms with E-state index in [4.69, 9.17) is 0 Å². The van der Waals surface area contributed by atoms with E-state index in [2.05, 4.69) is 4.74 Å². The highest BCUT2D eigenvalue weighted by atomic mass is 19.4. The molecule has 0 heterocycles. The van der Waals surface area contributed by atoms with Gasteiger partial charge in [0.05, 0.1) is 18.2 Å². The van der Waals surface area contributed by atoms with Gasteiger partial charge in [0.2, 0.25) is 0 Å². The van der Waals surface area contributed by atoms with Gasteiger partial charge in [0.1, 0.15) is 5.75 Å². The van der Waals surface area contributed by atoms with Crippen LogP contribution in [0.5, 0.6) is 5.75 Å². The van der Waals surface area contributed by atoms with Crippen LogP contribution >= 0.6 is 0 Å². The summed E-state index contributed by atoms with van der Waals surface area (Å²) in [6.45, 7) is 0. The van der Waals surface area contributed by atoms with Crippen molar-refractivity contribution in [1.29, 1.82) is 0 Å². The van der Waals surface area contributed by atoms with Crippen molar-refractivity contribution in [1.82, 2.24) is 0 Å². The number of alkyl halides is 6. The molecule has 0 saturated carbocycles. The first kappa shape index (κ1) is 12.7. The van der Waals surface area contributed by atoms with Crippen molar-refractivity contribution in [2.45, 2.75) is 12.4 Å². The number of methoxy groups -OCH3 is 1. The molecule has 0 unspecified atom stereocenters. The van der Waals surface area contributed by atoms with E-state index < -0.39 is 29.2 Å². The van der Waals surface area contributed by atoms with Gasteiger partial charge in [0.25, 0.3) is 0 Å². The second kappa shape index (κ2) is 3.88. The van der Waals surface area contributed by atoms with E-state index in [1.807, 2.05) is 0 Å². The molecule has 0 aliphatic rings. The monoisotopic (exact) mass is 244 g/mol. The molecular weight excluding hydrogens is 238 g/mol. The van der Waals surface area contributed by atoms with E-state index in [1.54, 1.807) is 0 Å². The first-order chi connectivity index (χ1) is 7.14. The second-order valence-corrected chi connectivity index (χ2v) is 2.95. The molecule has 1 aromatic rings. The van der Waals surface area contributed by atoms with Crippen LogP contribution in [0, 0.1) is 0 Å². The van der Waals surface area contributed by atoms with Crippen LogP contribution in [-0.2, 0) is 12.4 Å². The molecule has 16 heavy (non-hydrogen) atoms. The predicted octanol–water partition coefficient (Wildman–Crippen LogP) is 3.73. The molecule has 0 bridgehead atoms. The van der Waals surface area contributed by atoms with Crippen molar-refractivity contribution < 1.29 is 31.1 Å². The molecule has 90 valence electrons. The highest BCUT2D eigenvalue weighted by molar-refractivity contribution is 5.37. The Bertz CT molecular complexity index is 346. The van der Waals surface area contributed by atoms with E-state index >= 15 is 0 Å². The fourth-order valence-electron chi connectivity index (χ4n) is 1.04. The standard InChI is InChI=1S/C9H6F6O/c1-16-7-3-5(8(10,11)12)2-6(4-7)9(13,14)15/h2-4H,1H3. The number of hydrogen-bond donors (Lipinski definition) is 0. The summed E-state index contributed by atoms with van der Waals surface area (Å²) in [5.74, 6) is -0.484. The fourth-order valence-corrected chi connectivity index (χ4v) is 1.04. The summed E-state index contributed by atoms with van der Waals surface area (Å²) in [6, 6.07) is 1.06. The van der Waals surface area contributed by atoms with Crippen LogP contribution in [0.4, 0.5) is 26.3 Å². The molecule has 0 aliphatic heterocycles. The van der Waals surface area contributed by atoms with Gasteiger partial charge in [0.15, 0.2) is 0 Å². The molecule has 0 amide bonds. The molecule has 0 N–H and O–H groups in total. The number of halogens is 6. The molecule has 0 spiro atoms. The van der Waals surface area contributed by atoms with Gasteiger partial charge in [-0.15, -0.1) is 0 Å². The van der Waals surface area contributed by atoms with Crippen molar-refractivity contribution >= 4 is 0 Å². The lowest BCUT2D eigenvalue weighted by Crippen LogP contribution is -2.11. The molecule has 0 fully saturated rings. The summed E-state index contributed by atoms with van der Waals surface area (Å²) < 4.78 is 77.9. The summed E-state index contributed by atoms with van der Waals surface area (Å²) in [7, 11) is 0.996. The molecule has 0 radical (unpaired) electrons. The maximum atomic E-state index is 12.2. The number of hydrogen-bond acceptors (Lipinski definition) is 1. The van der Waals surface area contributed by atoms with Gasteiger partial charge in [-0.1, -0.05) is 0 Å². The number of benzene rings is 1. The average molecular weight is 244 g/mol. The Hall–Kier alpha value is -1.40. The third-order valence-electron chi connectivity index (χ3n) is 1.80. The second-order valence-electron chi connectivity index (χ2n) is 2.95. The van der Waals surface area contributed by atoms with Crippen LogP contribution in [0.2, 0.25) is 0 Å². The third kappa shape index (κ3) is 2.80. The predicted molar refractivity (Wildman–Crippen MR) is 43.0 cm³/mol. The minimum atomic E-state index is -4.84. The molecule has 0 atom stereocenters. The van der Waals surface area contributed by atoms with Crippen LogP contribution in [0.25, 0.3) is 0 Å². The Morgan fingerprint density at radius 2 is 1.19 bits per heavy atom. The minimum absolute atomic E-state index is 0.0442. The summed E-state index contributed by atoms with van der Waals surface area (Å²) in [6.07, 6.45) is -9.68. The van der Waals surface area contributed by atoms with Gasteiger partial charge >= 0.3 is 12.4 Å². The van der Waals surface area contributed by atoms with E-state index in [9.17, 15) is 26.3 Å². The highest BCUT2D eigenvalue weighted by Crippen LogP contribution is 2.37. The lowest BCUT2D eigenvalue weighted by atomic mass is 10.1. The molecule has 0 aliphatic carbocycles. The lowest BCUT2D eigenvalue weighted by molar-refractivity contribution is -0.143. The molecule has 1 nitrogen and oxygen atoms in total. The van der Waals surface area contributed by atoms with E-state index in [1.165, 1.54) is 0 Å². The maximum absolute atomic E-state index is 12.2. The van der Waals surface area contributed by atoms with Crippen LogP contribution in [0.15, 0.2) is 18.2 Å². The van der Waals surface area contributed by atoms with Crippen molar-refractivity contribution in [3.8, 4) is 5.75 Å². The minimum Gasteiger partial charge on any atom is -0.497 e. The van der Waals surface area contributed by atoms with Crippen molar-refractivity contribution in [2.75, 3.05) is 7.11 Å². The maximum Gasteiger partial charge on any atom is 0.416 e. The molecule has 1 rings (SSSR count). The van der Waals surface area contributed by atoms with Crippen LogP contribution in [0.1, 0.15) is 11.1 Å². The van der Waals surface area contributed by atoms with Crippen molar-refractivity contribution in [3.05, 3.63) is 29.3 Å². The zero-order valence-electron chi connectivity index (χ0n) is 7.91. The topological polar surface area (TPSA) is 9.23 Å². The van der Waals surface area contributed by atoms with Gasteiger partial charge in [-0.3, -0.25) is 0 Å². The Labute approximate surface area is 86.6 Å². The quantitative estimate of drug-likeness (QED) is 0.684. The zero-order chi connectivity index (χ0) is 12.6. The van der Waals surface area contributed by atoms with Crippen LogP contribution in [0.3, 0.4) is 0 Å². The van der Waals surface area contributed by atoms with Gasteiger partial charge < -0.3 is 4.74 Å². The molecule has 0 aromatic heterocycles.